The number of aryl methyl sites for hydroxylation is 3. The van der Waals surface area contributed by atoms with Gasteiger partial charge in [0.2, 0.25) is 0 Å². The van der Waals surface area contributed by atoms with Gasteiger partial charge >= 0.3 is 0 Å². The molecule has 0 radical (unpaired) electrons. The van der Waals surface area contributed by atoms with Gasteiger partial charge in [0.25, 0.3) is 5.91 Å². The van der Waals surface area contributed by atoms with Crippen LogP contribution in [-0.2, 0) is 6.61 Å². The third kappa shape index (κ3) is 4.71. The van der Waals surface area contributed by atoms with Gasteiger partial charge in [-0.3, -0.25) is 4.79 Å². The Kier molecular flexibility index (Phi) is 5.99. The Morgan fingerprint density at radius 2 is 1.57 bits per heavy atom. The van der Waals surface area contributed by atoms with Gasteiger partial charge in [-0.2, -0.15) is 0 Å². The summed E-state index contributed by atoms with van der Waals surface area (Å²) in [6, 6.07) is 19.3. The summed E-state index contributed by atoms with van der Waals surface area (Å²) in [7, 11) is 1.57. The van der Waals surface area contributed by atoms with Gasteiger partial charge in [-0.05, 0) is 56.2 Å². The molecular weight excluding hydrogens is 350 g/mol. The van der Waals surface area contributed by atoms with Gasteiger partial charge in [0.05, 0.1) is 7.11 Å². The van der Waals surface area contributed by atoms with Crippen molar-refractivity contribution in [3.63, 3.8) is 0 Å². The number of ether oxygens (including phenoxy) is 2. The molecule has 0 aliphatic carbocycles. The quantitative estimate of drug-likeness (QED) is 0.623. The van der Waals surface area contributed by atoms with E-state index in [1.54, 1.807) is 25.3 Å². The maximum atomic E-state index is 12.6. The second kappa shape index (κ2) is 8.61. The molecule has 0 aliphatic rings. The van der Waals surface area contributed by atoms with Crippen LogP contribution in [0.4, 0.5) is 5.69 Å². The number of carbonyl (C=O) groups is 1. The first kappa shape index (κ1) is 19.5. The highest BCUT2D eigenvalue weighted by Gasteiger charge is 2.12. The van der Waals surface area contributed by atoms with Gasteiger partial charge in [0.15, 0.2) is 11.5 Å². The summed E-state index contributed by atoms with van der Waals surface area (Å²) in [5.74, 6) is 0.946. The highest BCUT2D eigenvalue weighted by atomic mass is 16.5. The van der Waals surface area contributed by atoms with Gasteiger partial charge in [0.1, 0.15) is 6.61 Å². The van der Waals surface area contributed by atoms with E-state index in [1.807, 2.05) is 44.2 Å². The van der Waals surface area contributed by atoms with Crippen molar-refractivity contribution < 1.29 is 14.3 Å². The Morgan fingerprint density at radius 1 is 0.857 bits per heavy atom. The van der Waals surface area contributed by atoms with E-state index in [0.717, 1.165) is 22.4 Å². The molecule has 0 heterocycles. The average Bonchev–Trinajstić information content (AvgIpc) is 2.69. The van der Waals surface area contributed by atoms with Crippen LogP contribution in [0.2, 0.25) is 0 Å². The van der Waals surface area contributed by atoms with Crippen molar-refractivity contribution in [1.29, 1.82) is 0 Å². The third-order valence-corrected chi connectivity index (χ3v) is 4.57. The number of hydrogen-bond donors (Lipinski definition) is 1. The lowest BCUT2D eigenvalue weighted by atomic mass is 10.1. The van der Waals surface area contributed by atoms with Crippen molar-refractivity contribution in [2.75, 3.05) is 12.4 Å². The largest absolute Gasteiger partial charge is 0.493 e. The van der Waals surface area contributed by atoms with E-state index in [4.69, 9.17) is 9.47 Å². The van der Waals surface area contributed by atoms with Crippen molar-refractivity contribution in [2.45, 2.75) is 27.4 Å². The maximum Gasteiger partial charge on any atom is 0.255 e. The van der Waals surface area contributed by atoms with E-state index in [1.165, 1.54) is 5.56 Å². The molecule has 0 unspecified atom stereocenters. The summed E-state index contributed by atoms with van der Waals surface area (Å²) < 4.78 is 11.3. The van der Waals surface area contributed by atoms with E-state index in [2.05, 4.69) is 24.4 Å². The first-order chi connectivity index (χ1) is 13.5. The van der Waals surface area contributed by atoms with Crippen LogP contribution in [0.5, 0.6) is 11.5 Å². The number of carbonyl (C=O) groups excluding carboxylic acids is 1. The van der Waals surface area contributed by atoms with Gasteiger partial charge < -0.3 is 14.8 Å². The molecule has 0 saturated heterocycles. The molecule has 28 heavy (non-hydrogen) atoms. The molecule has 0 bridgehead atoms. The van der Waals surface area contributed by atoms with E-state index < -0.39 is 0 Å². The van der Waals surface area contributed by atoms with Crippen molar-refractivity contribution in [3.05, 3.63) is 88.5 Å². The van der Waals surface area contributed by atoms with Crippen LogP contribution in [-0.4, -0.2) is 13.0 Å². The van der Waals surface area contributed by atoms with Gasteiger partial charge in [-0.25, -0.2) is 0 Å². The molecule has 4 nitrogen and oxygen atoms in total. The zero-order chi connectivity index (χ0) is 20.1. The predicted octanol–water partition coefficient (Wildman–Crippen LogP) is 5.45. The van der Waals surface area contributed by atoms with Gasteiger partial charge in [-0.1, -0.05) is 47.5 Å². The lowest BCUT2D eigenvalue weighted by molar-refractivity contribution is 0.102. The maximum absolute atomic E-state index is 12.6. The van der Waals surface area contributed by atoms with E-state index >= 15 is 0 Å². The van der Waals surface area contributed by atoms with Gasteiger partial charge in [0, 0.05) is 11.3 Å². The lowest BCUT2D eigenvalue weighted by Gasteiger charge is -2.13. The van der Waals surface area contributed by atoms with Crippen LogP contribution >= 0.6 is 0 Å². The lowest BCUT2D eigenvalue weighted by Crippen LogP contribution is -2.13. The van der Waals surface area contributed by atoms with E-state index in [-0.39, 0.29) is 5.91 Å². The molecular formula is C24H25NO3. The van der Waals surface area contributed by atoms with Crippen LogP contribution in [0.1, 0.15) is 32.6 Å². The molecule has 3 aromatic carbocycles. The zero-order valence-corrected chi connectivity index (χ0v) is 16.7. The summed E-state index contributed by atoms with van der Waals surface area (Å²) in [6.45, 7) is 6.49. The van der Waals surface area contributed by atoms with Crippen molar-refractivity contribution in [1.82, 2.24) is 0 Å². The molecule has 1 amide bonds. The molecule has 3 aromatic rings. The molecule has 0 atom stereocenters. The smallest absolute Gasteiger partial charge is 0.255 e. The average molecular weight is 375 g/mol. The van der Waals surface area contributed by atoms with Crippen LogP contribution < -0.4 is 14.8 Å². The zero-order valence-electron chi connectivity index (χ0n) is 16.7. The summed E-state index contributed by atoms with van der Waals surface area (Å²) in [6.07, 6.45) is 0. The fourth-order valence-corrected chi connectivity index (χ4v) is 2.92. The SMILES string of the molecule is COc1cc(C(=O)Nc2ccc(C)cc2C)ccc1OCc1ccc(C)cc1. The minimum Gasteiger partial charge on any atom is -0.493 e. The number of amides is 1. The Labute approximate surface area is 166 Å². The minimum atomic E-state index is -0.185. The molecule has 3 rings (SSSR count). The highest BCUT2D eigenvalue weighted by molar-refractivity contribution is 6.05. The monoisotopic (exact) mass is 375 g/mol. The molecule has 0 fully saturated rings. The Morgan fingerprint density at radius 3 is 2.25 bits per heavy atom. The first-order valence-electron chi connectivity index (χ1n) is 9.21. The van der Waals surface area contributed by atoms with Crippen molar-refractivity contribution in [3.8, 4) is 11.5 Å². The molecule has 1 N–H and O–H groups in total. The Balaban J connectivity index is 1.72. The third-order valence-electron chi connectivity index (χ3n) is 4.57. The normalized spacial score (nSPS) is 10.4. The van der Waals surface area contributed by atoms with Crippen LogP contribution in [0.25, 0.3) is 0 Å². The second-order valence-corrected chi connectivity index (χ2v) is 6.91. The highest BCUT2D eigenvalue weighted by Crippen LogP contribution is 2.29. The minimum absolute atomic E-state index is 0.185. The summed E-state index contributed by atoms with van der Waals surface area (Å²) in [5.41, 5.74) is 5.78. The summed E-state index contributed by atoms with van der Waals surface area (Å²) in [4.78, 5) is 12.6. The Bertz CT molecular complexity index is 978. The number of nitrogens with one attached hydrogen (secondary N) is 1. The number of rotatable bonds is 6. The second-order valence-electron chi connectivity index (χ2n) is 6.91. The van der Waals surface area contributed by atoms with E-state index in [9.17, 15) is 4.79 Å². The first-order valence-corrected chi connectivity index (χ1v) is 9.21. The fourth-order valence-electron chi connectivity index (χ4n) is 2.92. The van der Waals surface area contributed by atoms with Crippen LogP contribution in [0.15, 0.2) is 60.7 Å². The fraction of sp³-hybridized carbons (Fsp3) is 0.208. The molecule has 0 saturated carbocycles. The van der Waals surface area contributed by atoms with Gasteiger partial charge in [-0.15, -0.1) is 0 Å². The topological polar surface area (TPSA) is 47.6 Å². The summed E-state index contributed by atoms with van der Waals surface area (Å²) in [5, 5.41) is 2.95. The summed E-state index contributed by atoms with van der Waals surface area (Å²) >= 11 is 0. The van der Waals surface area contributed by atoms with Crippen molar-refractivity contribution in [2.24, 2.45) is 0 Å². The number of anilines is 1. The molecule has 0 spiro atoms. The van der Waals surface area contributed by atoms with Crippen LogP contribution in [0, 0.1) is 20.8 Å². The van der Waals surface area contributed by atoms with Crippen LogP contribution in [0.3, 0.4) is 0 Å². The number of hydrogen-bond acceptors (Lipinski definition) is 3. The number of benzene rings is 3. The molecule has 4 heteroatoms. The molecule has 0 aromatic heterocycles. The van der Waals surface area contributed by atoms with E-state index in [0.29, 0.717) is 23.7 Å². The Hall–Kier alpha value is -3.27. The standard InChI is InChI=1S/C24H25NO3/c1-16-5-8-19(9-6-16)15-28-22-12-10-20(14-23(22)27-4)24(26)25-21-11-7-17(2)13-18(21)3/h5-14H,15H2,1-4H3,(H,25,26). The molecule has 0 aliphatic heterocycles. The predicted molar refractivity (Wildman–Crippen MR) is 112 cm³/mol. The molecule has 144 valence electrons. The number of methoxy groups -OCH3 is 1. The van der Waals surface area contributed by atoms with Crippen molar-refractivity contribution >= 4 is 11.6 Å².